The molecular formula is C13H16FN3O3. The van der Waals surface area contributed by atoms with Crippen molar-refractivity contribution in [3.05, 3.63) is 34.1 Å². The second-order valence-corrected chi connectivity index (χ2v) is 4.87. The molecule has 6 nitrogen and oxygen atoms in total. The topological polar surface area (TPSA) is 84.3 Å². The molecule has 1 aliphatic carbocycles. The fourth-order valence-corrected chi connectivity index (χ4v) is 2.32. The summed E-state index contributed by atoms with van der Waals surface area (Å²) in [5.41, 5.74) is -0.293. The van der Waals surface area contributed by atoms with Crippen LogP contribution in [0.25, 0.3) is 0 Å². The van der Waals surface area contributed by atoms with E-state index >= 15 is 0 Å². The number of nitrogens with zero attached hydrogens (tertiary/aromatic N) is 1. The molecule has 7 heteroatoms. The molecule has 2 rings (SSSR count). The second-order valence-electron chi connectivity index (χ2n) is 4.87. The third-order valence-electron chi connectivity index (χ3n) is 3.28. The van der Waals surface area contributed by atoms with Gasteiger partial charge in [-0.1, -0.05) is 12.8 Å². The predicted octanol–water partition coefficient (Wildman–Crippen LogP) is 2.20. The molecule has 108 valence electrons. The number of nitro benzene ring substituents is 1. The Morgan fingerprint density at radius 1 is 1.35 bits per heavy atom. The number of carbonyl (C=O) groups is 1. The number of amides is 1. The third kappa shape index (κ3) is 3.99. The molecule has 0 heterocycles. The average molecular weight is 281 g/mol. The van der Waals surface area contributed by atoms with Crippen molar-refractivity contribution >= 4 is 17.3 Å². The summed E-state index contributed by atoms with van der Waals surface area (Å²) in [5.74, 6) is -1.09. The molecule has 0 aromatic heterocycles. The molecule has 1 fully saturated rings. The molecular weight excluding hydrogens is 265 g/mol. The van der Waals surface area contributed by atoms with E-state index in [4.69, 9.17) is 0 Å². The summed E-state index contributed by atoms with van der Waals surface area (Å²) in [6, 6.07) is 3.35. The van der Waals surface area contributed by atoms with Gasteiger partial charge in [0.25, 0.3) is 5.69 Å². The maximum Gasteiger partial charge on any atom is 0.274 e. The zero-order valence-electron chi connectivity index (χ0n) is 10.9. The summed E-state index contributed by atoms with van der Waals surface area (Å²) in [5, 5.41) is 16.2. The number of benzene rings is 1. The number of hydrogen-bond donors (Lipinski definition) is 2. The first kappa shape index (κ1) is 14.4. The highest BCUT2D eigenvalue weighted by Crippen LogP contribution is 2.20. The average Bonchev–Trinajstić information content (AvgIpc) is 2.88. The first-order valence-corrected chi connectivity index (χ1v) is 6.53. The van der Waals surface area contributed by atoms with Gasteiger partial charge in [0.1, 0.15) is 5.82 Å². The standard InChI is InChI=1S/C13H16FN3O3/c14-9-5-11(7-12(6-9)17(19)20)16-13(18)8-15-10-3-1-2-4-10/h5-7,10,15H,1-4,8H2,(H,16,18). The Kier molecular flexibility index (Phi) is 4.62. The van der Waals surface area contributed by atoms with Crippen LogP contribution in [-0.2, 0) is 4.79 Å². The highest BCUT2D eigenvalue weighted by molar-refractivity contribution is 5.92. The van der Waals surface area contributed by atoms with Gasteiger partial charge in [-0.2, -0.15) is 0 Å². The van der Waals surface area contributed by atoms with Crippen molar-refractivity contribution < 1.29 is 14.1 Å². The fourth-order valence-electron chi connectivity index (χ4n) is 2.32. The van der Waals surface area contributed by atoms with Crippen LogP contribution in [0.15, 0.2) is 18.2 Å². The van der Waals surface area contributed by atoms with Crippen molar-refractivity contribution in [2.75, 3.05) is 11.9 Å². The molecule has 2 N–H and O–H groups in total. The monoisotopic (exact) mass is 281 g/mol. The Morgan fingerprint density at radius 2 is 2.05 bits per heavy atom. The quantitative estimate of drug-likeness (QED) is 0.640. The maximum absolute atomic E-state index is 13.2. The van der Waals surface area contributed by atoms with Crippen molar-refractivity contribution in [2.45, 2.75) is 31.7 Å². The summed E-state index contributed by atoms with van der Waals surface area (Å²) in [7, 11) is 0. The van der Waals surface area contributed by atoms with Gasteiger partial charge in [0, 0.05) is 12.1 Å². The van der Waals surface area contributed by atoms with E-state index in [1.54, 1.807) is 0 Å². The molecule has 0 saturated heterocycles. The first-order chi connectivity index (χ1) is 9.54. The van der Waals surface area contributed by atoms with Crippen LogP contribution in [0, 0.1) is 15.9 Å². The van der Waals surface area contributed by atoms with E-state index in [0.29, 0.717) is 6.04 Å². The predicted molar refractivity (Wildman–Crippen MR) is 71.9 cm³/mol. The van der Waals surface area contributed by atoms with E-state index in [0.717, 1.165) is 43.9 Å². The largest absolute Gasteiger partial charge is 0.325 e. The molecule has 0 radical (unpaired) electrons. The van der Waals surface area contributed by atoms with E-state index in [2.05, 4.69) is 10.6 Å². The second kappa shape index (κ2) is 6.42. The molecule has 1 saturated carbocycles. The van der Waals surface area contributed by atoms with Gasteiger partial charge in [-0.3, -0.25) is 14.9 Å². The minimum Gasteiger partial charge on any atom is -0.325 e. The highest BCUT2D eigenvalue weighted by Gasteiger charge is 2.16. The molecule has 0 spiro atoms. The van der Waals surface area contributed by atoms with E-state index in [1.165, 1.54) is 0 Å². The van der Waals surface area contributed by atoms with Crippen molar-refractivity contribution in [1.82, 2.24) is 5.32 Å². The summed E-state index contributed by atoms with van der Waals surface area (Å²) in [4.78, 5) is 21.6. The number of halogens is 1. The van der Waals surface area contributed by atoms with E-state index in [-0.39, 0.29) is 23.8 Å². The molecule has 20 heavy (non-hydrogen) atoms. The van der Waals surface area contributed by atoms with Crippen LogP contribution in [0.3, 0.4) is 0 Å². The maximum atomic E-state index is 13.2. The summed E-state index contributed by atoms with van der Waals surface area (Å²) >= 11 is 0. The lowest BCUT2D eigenvalue weighted by Gasteiger charge is -2.11. The number of anilines is 1. The molecule has 0 bridgehead atoms. The Morgan fingerprint density at radius 3 is 2.70 bits per heavy atom. The fraction of sp³-hybridized carbons (Fsp3) is 0.462. The Hall–Kier alpha value is -2.02. The SMILES string of the molecule is O=C(CNC1CCCC1)Nc1cc(F)cc([N+](=O)[O-])c1. The zero-order valence-corrected chi connectivity index (χ0v) is 10.9. The summed E-state index contributed by atoms with van der Waals surface area (Å²) in [6.07, 6.45) is 4.43. The lowest BCUT2D eigenvalue weighted by atomic mass is 10.2. The van der Waals surface area contributed by atoms with Crippen LogP contribution in [0.5, 0.6) is 0 Å². The van der Waals surface area contributed by atoms with Crippen molar-refractivity contribution in [3.63, 3.8) is 0 Å². The zero-order chi connectivity index (χ0) is 14.5. The number of non-ortho nitro benzene ring substituents is 1. The van der Waals surface area contributed by atoms with Gasteiger partial charge in [-0.25, -0.2) is 4.39 Å². The van der Waals surface area contributed by atoms with Gasteiger partial charge in [0.2, 0.25) is 5.91 Å². The van der Waals surface area contributed by atoms with Gasteiger partial charge >= 0.3 is 0 Å². The normalized spacial score (nSPS) is 15.2. The lowest BCUT2D eigenvalue weighted by Crippen LogP contribution is -2.34. The Balaban J connectivity index is 1.91. The number of nitro groups is 1. The summed E-state index contributed by atoms with van der Waals surface area (Å²) < 4.78 is 13.2. The van der Waals surface area contributed by atoms with Gasteiger partial charge in [-0.15, -0.1) is 0 Å². The van der Waals surface area contributed by atoms with E-state index in [1.807, 2.05) is 0 Å². The van der Waals surface area contributed by atoms with Crippen molar-refractivity contribution in [2.24, 2.45) is 0 Å². The van der Waals surface area contributed by atoms with Crippen molar-refractivity contribution in [1.29, 1.82) is 0 Å². The number of carbonyl (C=O) groups excluding carboxylic acids is 1. The molecule has 1 amide bonds. The Bertz CT molecular complexity index is 516. The molecule has 0 atom stereocenters. The molecule has 0 unspecified atom stereocenters. The van der Waals surface area contributed by atoms with Crippen LogP contribution >= 0.6 is 0 Å². The van der Waals surface area contributed by atoms with Crippen molar-refractivity contribution in [3.8, 4) is 0 Å². The smallest absolute Gasteiger partial charge is 0.274 e. The summed E-state index contributed by atoms with van der Waals surface area (Å²) in [6.45, 7) is 0.120. The van der Waals surface area contributed by atoms with Crippen LogP contribution in [0.1, 0.15) is 25.7 Å². The third-order valence-corrected chi connectivity index (χ3v) is 3.28. The van der Waals surface area contributed by atoms with Crippen LogP contribution in [-0.4, -0.2) is 23.4 Å². The molecule has 1 aromatic carbocycles. The van der Waals surface area contributed by atoms with Crippen LogP contribution in [0.2, 0.25) is 0 Å². The highest BCUT2D eigenvalue weighted by atomic mass is 19.1. The van der Waals surface area contributed by atoms with Crippen LogP contribution in [0.4, 0.5) is 15.8 Å². The van der Waals surface area contributed by atoms with E-state index < -0.39 is 10.7 Å². The molecule has 1 aromatic rings. The minimum atomic E-state index is -0.752. The lowest BCUT2D eigenvalue weighted by molar-refractivity contribution is -0.385. The Labute approximate surface area is 115 Å². The number of rotatable bonds is 5. The molecule has 1 aliphatic rings. The molecule has 0 aliphatic heterocycles. The van der Waals surface area contributed by atoms with Gasteiger partial charge in [0.05, 0.1) is 23.2 Å². The van der Waals surface area contributed by atoms with Gasteiger partial charge in [0.15, 0.2) is 0 Å². The van der Waals surface area contributed by atoms with Gasteiger partial charge < -0.3 is 10.6 Å². The van der Waals surface area contributed by atoms with Gasteiger partial charge in [-0.05, 0) is 18.9 Å². The first-order valence-electron chi connectivity index (χ1n) is 6.53. The minimum absolute atomic E-state index is 0.0925. The number of nitrogens with one attached hydrogen (secondary N) is 2. The number of hydrogen-bond acceptors (Lipinski definition) is 4. The van der Waals surface area contributed by atoms with E-state index in [9.17, 15) is 19.3 Å². The van der Waals surface area contributed by atoms with Crippen LogP contribution < -0.4 is 10.6 Å².